The zero-order valence-electron chi connectivity index (χ0n) is 19.5. The summed E-state index contributed by atoms with van der Waals surface area (Å²) in [5.41, 5.74) is 3.09. The Kier molecular flexibility index (Phi) is 10.5. The molecule has 4 nitrogen and oxygen atoms in total. The molecule has 0 spiro atoms. The summed E-state index contributed by atoms with van der Waals surface area (Å²) >= 11 is 7.63. The van der Waals surface area contributed by atoms with Crippen LogP contribution in [-0.4, -0.2) is 35.1 Å². The Morgan fingerprint density at radius 3 is 2.21 bits per heavy atom. The van der Waals surface area contributed by atoms with Crippen molar-refractivity contribution < 1.29 is 9.59 Å². The molecule has 34 heavy (non-hydrogen) atoms. The van der Waals surface area contributed by atoms with E-state index < -0.39 is 6.04 Å². The monoisotopic (exact) mass is 494 g/mol. The maximum Gasteiger partial charge on any atom is 0.243 e. The predicted molar refractivity (Wildman–Crippen MR) is 142 cm³/mol. The predicted octanol–water partition coefficient (Wildman–Crippen LogP) is 5.74. The summed E-state index contributed by atoms with van der Waals surface area (Å²) in [5, 5.41) is 3.69. The summed E-state index contributed by atoms with van der Waals surface area (Å²) in [6, 6.07) is 26.8. The van der Waals surface area contributed by atoms with Gasteiger partial charge in [-0.3, -0.25) is 9.59 Å². The van der Waals surface area contributed by atoms with Crippen molar-refractivity contribution in [1.82, 2.24) is 10.2 Å². The van der Waals surface area contributed by atoms with Gasteiger partial charge >= 0.3 is 0 Å². The van der Waals surface area contributed by atoms with Gasteiger partial charge in [0.15, 0.2) is 0 Å². The van der Waals surface area contributed by atoms with Crippen molar-refractivity contribution in [2.24, 2.45) is 0 Å². The van der Waals surface area contributed by atoms with Gasteiger partial charge in [0, 0.05) is 30.3 Å². The first-order chi connectivity index (χ1) is 16.6. The second-order valence-corrected chi connectivity index (χ2v) is 9.55. The molecule has 0 heterocycles. The minimum Gasteiger partial charge on any atom is -0.354 e. The van der Waals surface area contributed by atoms with E-state index in [2.05, 4.69) is 5.32 Å². The number of rotatable bonds is 12. The Morgan fingerprint density at radius 1 is 0.912 bits per heavy atom. The fraction of sp³-hybridized carbons (Fsp3) is 0.286. The molecule has 0 bridgehead atoms. The summed E-state index contributed by atoms with van der Waals surface area (Å²) < 4.78 is 0. The number of carbonyl (C=O) groups excluding carboxylic acids is 2. The smallest absolute Gasteiger partial charge is 0.243 e. The van der Waals surface area contributed by atoms with Gasteiger partial charge in [-0.1, -0.05) is 91.3 Å². The molecule has 6 heteroatoms. The molecule has 0 saturated carbocycles. The number of halogens is 1. The van der Waals surface area contributed by atoms with Crippen molar-refractivity contribution in [3.8, 4) is 0 Å². The maximum absolute atomic E-state index is 13.5. The van der Waals surface area contributed by atoms with Crippen LogP contribution >= 0.6 is 23.4 Å². The van der Waals surface area contributed by atoms with Gasteiger partial charge in [-0.25, -0.2) is 0 Å². The molecule has 0 unspecified atom stereocenters. The molecule has 0 saturated heterocycles. The lowest BCUT2D eigenvalue weighted by atomic mass is 10.0. The highest BCUT2D eigenvalue weighted by molar-refractivity contribution is 7.99. The fourth-order valence-electron chi connectivity index (χ4n) is 3.67. The number of carbonyl (C=O) groups is 2. The van der Waals surface area contributed by atoms with Gasteiger partial charge in [0.25, 0.3) is 0 Å². The fourth-order valence-corrected chi connectivity index (χ4v) is 4.74. The van der Waals surface area contributed by atoms with Crippen LogP contribution in [0.5, 0.6) is 0 Å². The van der Waals surface area contributed by atoms with E-state index in [-0.39, 0.29) is 17.6 Å². The zero-order chi connectivity index (χ0) is 24.2. The van der Waals surface area contributed by atoms with Crippen LogP contribution in [0.15, 0.2) is 84.9 Å². The van der Waals surface area contributed by atoms with Crippen molar-refractivity contribution in [2.75, 3.05) is 12.3 Å². The van der Waals surface area contributed by atoms with Gasteiger partial charge in [0.2, 0.25) is 11.8 Å². The van der Waals surface area contributed by atoms with Crippen molar-refractivity contribution in [1.29, 1.82) is 0 Å². The molecule has 0 fully saturated rings. The zero-order valence-corrected chi connectivity index (χ0v) is 21.0. The molecule has 0 radical (unpaired) electrons. The van der Waals surface area contributed by atoms with E-state index in [4.69, 9.17) is 11.6 Å². The molecule has 3 aromatic rings. The summed E-state index contributed by atoms with van der Waals surface area (Å²) in [5.74, 6) is 0.793. The van der Waals surface area contributed by atoms with E-state index in [0.29, 0.717) is 30.3 Å². The van der Waals surface area contributed by atoms with Crippen LogP contribution in [-0.2, 0) is 28.3 Å². The van der Waals surface area contributed by atoms with Crippen molar-refractivity contribution >= 4 is 35.2 Å². The average molecular weight is 495 g/mol. The minimum atomic E-state index is -0.589. The van der Waals surface area contributed by atoms with Crippen molar-refractivity contribution in [2.45, 2.75) is 38.1 Å². The van der Waals surface area contributed by atoms with E-state index in [1.165, 1.54) is 11.8 Å². The van der Waals surface area contributed by atoms with Crippen molar-refractivity contribution in [3.05, 3.63) is 107 Å². The van der Waals surface area contributed by atoms with Crippen molar-refractivity contribution in [3.63, 3.8) is 0 Å². The molecule has 0 aliphatic heterocycles. The van der Waals surface area contributed by atoms with Crippen LogP contribution in [0.3, 0.4) is 0 Å². The molecule has 3 rings (SSSR count). The summed E-state index contributed by atoms with van der Waals surface area (Å²) in [6.07, 6.45) is 1.31. The Morgan fingerprint density at radius 2 is 1.56 bits per heavy atom. The van der Waals surface area contributed by atoms with Gasteiger partial charge < -0.3 is 10.2 Å². The summed E-state index contributed by atoms with van der Waals surface area (Å²) in [7, 11) is 0. The molecule has 0 aliphatic rings. The third kappa shape index (κ3) is 8.23. The van der Waals surface area contributed by atoms with Crippen LogP contribution in [0.1, 0.15) is 30.0 Å². The summed E-state index contributed by atoms with van der Waals surface area (Å²) in [6.45, 7) is 2.99. The lowest BCUT2D eigenvalue weighted by Crippen LogP contribution is -2.51. The molecule has 0 aliphatic carbocycles. The second-order valence-electron chi connectivity index (χ2n) is 8.13. The number of amides is 2. The minimum absolute atomic E-state index is 0.0524. The normalized spacial score (nSPS) is 11.6. The van der Waals surface area contributed by atoms with Gasteiger partial charge in [0.1, 0.15) is 6.04 Å². The Labute approximate surface area is 211 Å². The number of nitrogens with zero attached hydrogens (tertiary/aromatic N) is 1. The Bertz CT molecular complexity index is 1050. The first kappa shape index (κ1) is 25.9. The van der Waals surface area contributed by atoms with Gasteiger partial charge in [0.05, 0.1) is 5.75 Å². The Hall–Kier alpha value is -2.76. The molecule has 2 amide bonds. The third-order valence-corrected chi connectivity index (χ3v) is 6.62. The molecular formula is C28H31ClN2O2S. The molecule has 1 atom stereocenters. The number of hydrogen-bond donors (Lipinski definition) is 1. The molecular weight excluding hydrogens is 464 g/mol. The van der Waals surface area contributed by atoms with E-state index >= 15 is 0 Å². The lowest BCUT2D eigenvalue weighted by Gasteiger charge is -2.31. The maximum atomic E-state index is 13.5. The van der Waals surface area contributed by atoms with E-state index in [0.717, 1.165) is 23.1 Å². The number of thioether (sulfide) groups is 1. The first-order valence-corrected chi connectivity index (χ1v) is 13.1. The first-order valence-electron chi connectivity index (χ1n) is 11.5. The highest BCUT2D eigenvalue weighted by Crippen LogP contribution is 2.20. The number of hydrogen-bond acceptors (Lipinski definition) is 3. The lowest BCUT2D eigenvalue weighted by molar-refractivity contribution is -0.139. The second kappa shape index (κ2) is 13.8. The van der Waals surface area contributed by atoms with Crippen LogP contribution in [0.25, 0.3) is 0 Å². The molecule has 1 N–H and O–H groups in total. The summed E-state index contributed by atoms with van der Waals surface area (Å²) in [4.78, 5) is 28.5. The average Bonchev–Trinajstić information content (AvgIpc) is 2.86. The SMILES string of the molecule is CCCNC(=O)[C@H](Cc1ccccc1)N(Cc1ccccc1)C(=O)CSCc1cccc(Cl)c1. The Balaban J connectivity index is 1.80. The highest BCUT2D eigenvalue weighted by atomic mass is 35.5. The van der Waals surface area contributed by atoms with Crippen LogP contribution < -0.4 is 5.32 Å². The van der Waals surface area contributed by atoms with E-state index in [1.807, 2.05) is 91.9 Å². The number of benzene rings is 3. The standard InChI is InChI=1S/C28H31ClN2O2S/c1-2-16-30-28(33)26(18-22-10-5-3-6-11-22)31(19-23-12-7-4-8-13-23)27(32)21-34-20-24-14-9-15-25(29)17-24/h3-15,17,26H,2,16,18-21H2,1H3,(H,30,33)/t26-/m0/s1. The number of nitrogens with one attached hydrogen (secondary N) is 1. The molecule has 3 aromatic carbocycles. The quantitative estimate of drug-likeness (QED) is 0.349. The largest absolute Gasteiger partial charge is 0.354 e. The topological polar surface area (TPSA) is 49.4 Å². The molecule has 178 valence electrons. The van der Waals surface area contributed by atoms with Gasteiger partial charge in [-0.2, -0.15) is 0 Å². The van der Waals surface area contributed by atoms with Gasteiger partial charge in [-0.05, 0) is 35.2 Å². The van der Waals surface area contributed by atoms with Gasteiger partial charge in [-0.15, -0.1) is 11.8 Å². The van der Waals surface area contributed by atoms with Crippen LogP contribution in [0, 0.1) is 0 Å². The third-order valence-electron chi connectivity index (χ3n) is 5.40. The van der Waals surface area contributed by atoms with Crippen LogP contribution in [0.4, 0.5) is 0 Å². The van der Waals surface area contributed by atoms with E-state index in [9.17, 15) is 9.59 Å². The molecule has 0 aromatic heterocycles. The highest BCUT2D eigenvalue weighted by Gasteiger charge is 2.30. The van der Waals surface area contributed by atoms with Crippen LogP contribution in [0.2, 0.25) is 5.02 Å². The van der Waals surface area contributed by atoms with E-state index in [1.54, 1.807) is 4.90 Å².